The number of nitrogens with zero attached hydrogens (tertiary/aromatic N) is 1. The van der Waals surface area contributed by atoms with E-state index >= 15 is 0 Å². The molecule has 2 aromatic rings. The standard InChI is InChI=1S/C15H16N2O2S2/c1-2-19-12(18)6-10-13-9-7-15(9,11-4-3-5-21-11)8-17(13)14(20)16-10/h3-5,9H,2,6-8H2,1H3,(H,16,20). The molecule has 1 aliphatic heterocycles. The molecule has 0 bridgehead atoms. The topological polar surface area (TPSA) is 47.0 Å². The fraction of sp³-hybridized carbons (Fsp3) is 0.467. The Balaban J connectivity index is 1.68. The van der Waals surface area contributed by atoms with E-state index in [1.54, 1.807) is 0 Å². The van der Waals surface area contributed by atoms with Gasteiger partial charge >= 0.3 is 5.97 Å². The van der Waals surface area contributed by atoms with Crippen LogP contribution in [0.4, 0.5) is 0 Å². The second-order valence-corrected chi connectivity index (χ2v) is 7.09. The highest BCUT2D eigenvalue weighted by Gasteiger charge is 2.63. The first-order valence-electron chi connectivity index (χ1n) is 7.17. The highest BCUT2D eigenvalue weighted by atomic mass is 32.1. The number of esters is 1. The van der Waals surface area contributed by atoms with Crippen LogP contribution in [0, 0.1) is 4.77 Å². The van der Waals surface area contributed by atoms with Crippen LogP contribution >= 0.6 is 23.6 Å². The van der Waals surface area contributed by atoms with E-state index in [9.17, 15) is 4.79 Å². The molecule has 0 saturated heterocycles. The fourth-order valence-corrected chi connectivity index (χ4v) is 4.88. The van der Waals surface area contributed by atoms with Gasteiger partial charge in [0.1, 0.15) is 0 Å². The summed E-state index contributed by atoms with van der Waals surface area (Å²) < 4.78 is 7.97. The number of nitrogens with one attached hydrogen (secondary N) is 1. The second kappa shape index (κ2) is 4.55. The fourth-order valence-electron chi connectivity index (χ4n) is 3.61. The molecule has 2 aromatic heterocycles. The number of aromatic nitrogens is 2. The number of H-pyrrole nitrogens is 1. The van der Waals surface area contributed by atoms with Gasteiger partial charge in [0, 0.05) is 34.1 Å². The van der Waals surface area contributed by atoms with Crippen molar-refractivity contribution in [3.63, 3.8) is 0 Å². The van der Waals surface area contributed by atoms with Gasteiger partial charge in [-0.1, -0.05) is 6.07 Å². The van der Waals surface area contributed by atoms with Crippen LogP contribution in [0.2, 0.25) is 0 Å². The minimum atomic E-state index is -0.188. The number of hydrogen-bond acceptors (Lipinski definition) is 4. The third-order valence-corrected chi connectivity index (χ3v) is 6.00. The van der Waals surface area contributed by atoms with Crippen molar-refractivity contribution in [3.05, 3.63) is 38.5 Å². The molecule has 1 N–H and O–H groups in total. The normalized spacial score (nSPS) is 25.5. The average Bonchev–Trinajstić information content (AvgIpc) is 2.87. The van der Waals surface area contributed by atoms with Crippen molar-refractivity contribution < 1.29 is 9.53 Å². The first-order chi connectivity index (χ1) is 10.2. The lowest BCUT2D eigenvalue weighted by Crippen LogP contribution is -2.10. The SMILES string of the molecule is CCOC(=O)Cc1[nH]c(=S)n2c1C1CC1(c1cccs1)C2. The van der Waals surface area contributed by atoms with Crippen LogP contribution in [0.1, 0.15) is 35.5 Å². The van der Waals surface area contributed by atoms with Crippen molar-refractivity contribution in [1.29, 1.82) is 0 Å². The molecule has 0 radical (unpaired) electrons. The zero-order valence-corrected chi connectivity index (χ0v) is 13.4. The largest absolute Gasteiger partial charge is 0.466 e. The molecule has 4 nitrogen and oxygen atoms in total. The van der Waals surface area contributed by atoms with Crippen molar-refractivity contribution in [2.24, 2.45) is 0 Å². The van der Waals surface area contributed by atoms with Crippen molar-refractivity contribution in [3.8, 4) is 0 Å². The number of rotatable bonds is 4. The Hall–Kier alpha value is -1.40. The molecule has 4 rings (SSSR count). The molecule has 110 valence electrons. The van der Waals surface area contributed by atoms with E-state index < -0.39 is 0 Å². The molecule has 6 heteroatoms. The Kier molecular flexibility index (Phi) is 2.87. The third-order valence-electron chi connectivity index (χ3n) is 4.59. The van der Waals surface area contributed by atoms with Crippen LogP contribution in [-0.4, -0.2) is 22.1 Å². The first kappa shape index (κ1) is 13.3. The summed E-state index contributed by atoms with van der Waals surface area (Å²) in [5.41, 5.74) is 2.40. The zero-order chi connectivity index (χ0) is 14.6. The Morgan fingerprint density at radius 3 is 3.24 bits per heavy atom. The first-order valence-corrected chi connectivity index (χ1v) is 8.45. The van der Waals surface area contributed by atoms with Gasteiger partial charge in [0.05, 0.1) is 13.0 Å². The van der Waals surface area contributed by atoms with Gasteiger partial charge in [-0.05, 0) is 37.0 Å². The van der Waals surface area contributed by atoms with Crippen molar-refractivity contribution in [2.75, 3.05) is 6.61 Å². The number of hydrogen-bond donors (Lipinski definition) is 1. The molecule has 1 saturated carbocycles. The summed E-state index contributed by atoms with van der Waals surface area (Å²) in [6, 6.07) is 4.33. The van der Waals surface area contributed by atoms with Crippen molar-refractivity contribution >= 4 is 29.5 Å². The van der Waals surface area contributed by atoms with E-state index in [2.05, 4.69) is 27.1 Å². The Labute approximate surface area is 131 Å². The van der Waals surface area contributed by atoms with Gasteiger partial charge in [0.2, 0.25) is 0 Å². The molecule has 2 atom stereocenters. The van der Waals surface area contributed by atoms with E-state index in [1.807, 2.05) is 18.3 Å². The quantitative estimate of drug-likeness (QED) is 0.695. The molecule has 3 heterocycles. The van der Waals surface area contributed by atoms with E-state index in [1.165, 1.54) is 10.6 Å². The molecule has 1 aliphatic carbocycles. The monoisotopic (exact) mass is 320 g/mol. The van der Waals surface area contributed by atoms with Crippen LogP contribution in [0.25, 0.3) is 0 Å². The van der Waals surface area contributed by atoms with E-state index in [4.69, 9.17) is 17.0 Å². The Morgan fingerprint density at radius 2 is 2.52 bits per heavy atom. The number of fused-ring (bicyclic) bond motifs is 3. The van der Waals surface area contributed by atoms with E-state index in [0.29, 0.717) is 12.5 Å². The summed E-state index contributed by atoms with van der Waals surface area (Å²) in [5, 5.41) is 2.13. The summed E-state index contributed by atoms with van der Waals surface area (Å²) in [4.78, 5) is 16.4. The van der Waals surface area contributed by atoms with Crippen molar-refractivity contribution in [1.82, 2.24) is 9.55 Å². The van der Waals surface area contributed by atoms with Crippen LogP contribution in [-0.2, 0) is 27.9 Å². The molecule has 0 aromatic carbocycles. The van der Waals surface area contributed by atoms with Crippen LogP contribution in [0.5, 0.6) is 0 Å². The van der Waals surface area contributed by atoms with Gasteiger partial charge in [-0.25, -0.2) is 0 Å². The lowest BCUT2D eigenvalue weighted by Gasteiger charge is -2.09. The highest BCUT2D eigenvalue weighted by Crippen LogP contribution is 2.66. The predicted octanol–water partition coefficient (Wildman–Crippen LogP) is 3.15. The number of aromatic amines is 1. The van der Waals surface area contributed by atoms with Crippen LogP contribution in [0.3, 0.4) is 0 Å². The third kappa shape index (κ3) is 1.85. The summed E-state index contributed by atoms with van der Waals surface area (Å²) in [7, 11) is 0. The minimum Gasteiger partial charge on any atom is -0.466 e. The average molecular weight is 320 g/mol. The Morgan fingerprint density at radius 1 is 1.67 bits per heavy atom. The molecule has 2 unspecified atom stereocenters. The maximum atomic E-state index is 11.8. The maximum absolute atomic E-state index is 11.8. The lowest BCUT2D eigenvalue weighted by molar-refractivity contribution is -0.142. The molecule has 0 spiro atoms. The summed E-state index contributed by atoms with van der Waals surface area (Å²) in [6.45, 7) is 3.18. The van der Waals surface area contributed by atoms with Crippen molar-refractivity contribution in [2.45, 2.75) is 37.6 Å². The molecule has 1 fully saturated rings. The molecular weight excluding hydrogens is 304 g/mol. The summed E-state index contributed by atoms with van der Waals surface area (Å²) in [6.07, 6.45) is 1.45. The number of carbonyl (C=O) groups excluding carboxylic acids is 1. The zero-order valence-electron chi connectivity index (χ0n) is 11.7. The van der Waals surface area contributed by atoms with Gasteiger partial charge in [-0.3, -0.25) is 4.79 Å². The number of carbonyl (C=O) groups is 1. The number of imidazole rings is 1. The van der Waals surface area contributed by atoms with Gasteiger partial charge in [-0.2, -0.15) is 0 Å². The van der Waals surface area contributed by atoms with Crippen LogP contribution in [0.15, 0.2) is 17.5 Å². The van der Waals surface area contributed by atoms with Gasteiger partial charge in [-0.15, -0.1) is 11.3 Å². The number of ether oxygens (including phenoxy) is 1. The van der Waals surface area contributed by atoms with E-state index in [-0.39, 0.29) is 17.8 Å². The second-order valence-electron chi connectivity index (χ2n) is 5.75. The van der Waals surface area contributed by atoms with Gasteiger partial charge in [0.25, 0.3) is 0 Å². The lowest BCUT2D eigenvalue weighted by atomic mass is 10.0. The van der Waals surface area contributed by atoms with Crippen LogP contribution < -0.4 is 0 Å². The summed E-state index contributed by atoms with van der Waals surface area (Å²) in [5.74, 6) is 0.306. The smallest absolute Gasteiger partial charge is 0.311 e. The molecule has 2 aliphatic rings. The van der Waals surface area contributed by atoms with Gasteiger partial charge in [0.15, 0.2) is 4.77 Å². The minimum absolute atomic E-state index is 0.188. The molecule has 21 heavy (non-hydrogen) atoms. The summed E-state index contributed by atoms with van der Waals surface area (Å²) >= 11 is 7.25. The maximum Gasteiger partial charge on any atom is 0.311 e. The Bertz CT molecular complexity index is 759. The predicted molar refractivity (Wildman–Crippen MR) is 83.3 cm³/mol. The highest BCUT2D eigenvalue weighted by molar-refractivity contribution is 7.71. The number of thiophene rings is 1. The molecule has 0 amide bonds. The van der Waals surface area contributed by atoms with Gasteiger partial charge < -0.3 is 14.3 Å². The van der Waals surface area contributed by atoms with E-state index in [0.717, 1.165) is 23.4 Å². The molecular formula is C15H16N2O2S2.